The Hall–Kier alpha value is -0.610. The molecule has 0 bridgehead atoms. The average Bonchev–Trinajstić information content (AvgIpc) is 2.27. The van der Waals surface area contributed by atoms with Crippen molar-refractivity contribution in [1.29, 1.82) is 0 Å². The summed E-state index contributed by atoms with van der Waals surface area (Å²) in [5.74, 6) is -0.0289. The highest BCUT2D eigenvalue weighted by atomic mass is 16.5. The highest BCUT2D eigenvalue weighted by Crippen LogP contribution is 2.23. The quantitative estimate of drug-likeness (QED) is 0.666. The third-order valence-corrected chi connectivity index (χ3v) is 2.90. The van der Waals surface area contributed by atoms with Gasteiger partial charge in [-0.05, 0) is 31.7 Å². The first-order valence-corrected chi connectivity index (χ1v) is 5.79. The van der Waals surface area contributed by atoms with Crippen LogP contribution in [0.25, 0.3) is 0 Å². The van der Waals surface area contributed by atoms with Crippen LogP contribution < -0.4 is 5.73 Å². The van der Waals surface area contributed by atoms with Crippen molar-refractivity contribution in [1.82, 2.24) is 0 Å². The van der Waals surface area contributed by atoms with E-state index in [0.29, 0.717) is 19.1 Å². The molecule has 0 radical (unpaired) electrons. The number of hydrogen-bond acceptors (Lipinski definition) is 4. The van der Waals surface area contributed by atoms with Crippen LogP contribution in [0, 0.1) is 5.92 Å². The fraction of sp³-hybridized carbons (Fsp3) is 0.909. The second-order valence-corrected chi connectivity index (χ2v) is 4.23. The summed E-state index contributed by atoms with van der Waals surface area (Å²) in [7, 11) is 0. The largest absolute Gasteiger partial charge is 0.463 e. The predicted molar refractivity (Wildman–Crippen MR) is 57.2 cm³/mol. The smallest absolute Gasteiger partial charge is 0.335 e. The molecule has 0 unspecified atom stereocenters. The number of aliphatic hydroxyl groups excluding tert-OH is 1. The molecule has 1 aliphatic carbocycles. The summed E-state index contributed by atoms with van der Waals surface area (Å²) in [5.41, 5.74) is 5.24. The van der Waals surface area contributed by atoms with Gasteiger partial charge >= 0.3 is 5.97 Å². The summed E-state index contributed by atoms with van der Waals surface area (Å²) < 4.78 is 5.05. The minimum atomic E-state index is -1.04. The van der Waals surface area contributed by atoms with Gasteiger partial charge in [-0.25, -0.2) is 4.79 Å². The first-order chi connectivity index (χ1) is 7.24. The third-order valence-electron chi connectivity index (χ3n) is 2.90. The van der Waals surface area contributed by atoms with E-state index in [-0.39, 0.29) is 6.42 Å². The number of carbonyl (C=O) groups is 1. The van der Waals surface area contributed by atoms with Crippen molar-refractivity contribution in [3.63, 3.8) is 0 Å². The van der Waals surface area contributed by atoms with Gasteiger partial charge in [0.2, 0.25) is 0 Å². The summed E-state index contributed by atoms with van der Waals surface area (Å²) in [6, 6.07) is 0. The molecule has 1 atom stereocenters. The number of carbonyl (C=O) groups excluding carboxylic acids is 1. The average molecular weight is 215 g/mol. The van der Waals surface area contributed by atoms with Crippen molar-refractivity contribution in [2.24, 2.45) is 11.7 Å². The Kier molecular flexibility index (Phi) is 5.65. The number of esters is 1. The van der Waals surface area contributed by atoms with E-state index in [1.54, 1.807) is 0 Å². The van der Waals surface area contributed by atoms with E-state index in [2.05, 4.69) is 0 Å². The molecule has 0 heterocycles. The lowest BCUT2D eigenvalue weighted by Crippen LogP contribution is -2.28. The first-order valence-electron chi connectivity index (χ1n) is 5.79. The molecule has 15 heavy (non-hydrogen) atoms. The topological polar surface area (TPSA) is 72.5 Å². The molecule has 4 nitrogen and oxygen atoms in total. The number of ether oxygens (including phenoxy) is 1. The van der Waals surface area contributed by atoms with Crippen LogP contribution in [0.15, 0.2) is 0 Å². The molecule has 0 saturated heterocycles. The lowest BCUT2D eigenvalue weighted by Gasteiger charge is -2.21. The monoisotopic (exact) mass is 215 g/mol. The van der Waals surface area contributed by atoms with E-state index in [4.69, 9.17) is 10.5 Å². The minimum absolute atomic E-state index is 0.281. The van der Waals surface area contributed by atoms with E-state index < -0.39 is 12.1 Å². The zero-order valence-corrected chi connectivity index (χ0v) is 9.15. The van der Waals surface area contributed by atoms with Gasteiger partial charge in [-0.1, -0.05) is 19.3 Å². The third kappa shape index (κ3) is 4.62. The molecule has 1 rings (SSSR count). The number of nitrogens with two attached hydrogens (primary N) is 1. The van der Waals surface area contributed by atoms with Crippen molar-refractivity contribution in [2.75, 3.05) is 13.2 Å². The molecule has 1 fully saturated rings. The molecule has 1 saturated carbocycles. The Balaban J connectivity index is 2.14. The molecule has 0 spiro atoms. The van der Waals surface area contributed by atoms with Gasteiger partial charge in [0.25, 0.3) is 0 Å². The maximum absolute atomic E-state index is 11.2. The zero-order chi connectivity index (χ0) is 11.1. The van der Waals surface area contributed by atoms with Crippen molar-refractivity contribution in [3.8, 4) is 0 Å². The van der Waals surface area contributed by atoms with E-state index >= 15 is 0 Å². The van der Waals surface area contributed by atoms with Gasteiger partial charge in [0.1, 0.15) is 0 Å². The van der Waals surface area contributed by atoms with Crippen molar-refractivity contribution in [2.45, 2.75) is 44.6 Å². The second kappa shape index (κ2) is 6.80. The normalized spacial score (nSPS) is 19.9. The lowest BCUT2D eigenvalue weighted by atomic mass is 9.90. The summed E-state index contributed by atoms with van der Waals surface area (Å²) in [5, 5.41) is 9.29. The van der Waals surface area contributed by atoms with Crippen LogP contribution >= 0.6 is 0 Å². The number of hydrogen-bond donors (Lipinski definition) is 2. The molecule has 0 aromatic heterocycles. The van der Waals surface area contributed by atoms with Crippen LogP contribution in [-0.4, -0.2) is 30.3 Å². The van der Waals surface area contributed by atoms with Gasteiger partial charge in [0.05, 0.1) is 6.61 Å². The van der Waals surface area contributed by atoms with E-state index in [1.807, 2.05) is 0 Å². The summed E-state index contributed by atoms with van der Waals surface area (Å²) in [6.45, 7) is 0.764. The number of rotatable bonds is 5. The Morgan fingerprint density at radius 1 is 1.40 bits per heavy atom. The van der Waals surface area contributed by atoms with Gasteiger partial charge in [0.15, 0.2) is 6.10 Å². The van der Waals surface area contributed by atoms with Gasteiger partial charge in [0, 0.05) is 0 Å². The van der Waals surface area contributed by atoms with E-state index in [9.17, 15) is 9.90 Å². The van der Waals surface area contributed by atoms with Crippen LogP contribution in [0.4, 0.5) is 0 Å². The second-order valence-electron chi connectivity index (χ2n) is 4.23. The SMILES string of the molecule is NCC[C@H](O)C(=O)OCC1CCCCC1. The molecule has 0 amide bonds. The van der Waals surface area contributed by atoms with Gasteiger partial charge < -0.3 is 15.6 Å². The fourth-order valence-electron chi connectivity index (χ4n) is 1.93. The Morgan fingerprint density at radius 3 is 2.67 bits per heavy atom. The highest BCUT2D eigenvalue weighted by Gasteiger charge is 2.19. The summed E-state index contributed by atoms with van der Waals surface area (Å²) >= 11 is 0. The van der Waals surface area contributed by atoms with Crippen LogP contribution in [0.3, 0.4) is 0 Å². The first kappa shape index (κ1) is 12.5. The van der Waals surface area contributed by atoms with Crippen LogP contribution in [0.5, 0.6) is 0 Å². The lowest BCUT2D eigenvalue weighted by molar-refractivity contribution is -0.155. The molecule has 4 heteroatoms. The maximum atomic E-state index is 11.2. The van der Waals surface area contributed by atoms with E-state index in [0.717, 1.165) is 12.8 Å². The minimum Gasteiger partial charge on any atom is -0.463 e. The van der Waals surface area contributed by atoms with Crippen molar-refractivity contribution in [3.05, 3.63) is 0 Å². The standard InChI is InChI=1S/C11H21NO3/c12-7-6-10(13)11(14)15-8-9-4-2-1-3-5-9/h9-10,13H,1-8,12H2/t10-/m0/s1. The van der Waals surface area contributed by atoms with E-state index in [1.165, 1.54) is 19.3 Å². The Bertz CT molecular complexity index is 190. The summed E-state index contributed by atoms with van der Waals surface area (Å²) in [4.78, 5) is 11.2. The molecule has 88 valence electrons. The van der Waals surface area contributed by atoms with Crippen molar-refractivity contribution < 1.29 is 14.6 Å². The van der Waals surface area contributed by atoms with Crippen LogP contribution in [0.1, 0.15) is 38.5 Å². The molecule has 0 aromatic carbocycles. The Morgan fingerprint density at radius 2 is 2.07 bits per heavy atom. The molecule has 0 aromatic rings. The molecular formula is C11H21NO3. The zero-order valence-electron chi connectivity index (χ0n) is 9.15. The predicted octanol–water partition coefficient (Wildman–Crippen LogP) is 0.820. The highest BCUT2D eigenvalue weighted by molar-refractivity contribution is 5.74. The van der Waals surface area contributed by atoms with Gasteiger partial charge in [-0.15, -0.1) is 0 Å². The van der Waals surface area contributed by atoms with Gasteiger partial charge in [-0.2, -0.15) is 0 Å². The molecule has 0 aliphatic heterocycles. The van der Waals surface area contributed by atoms with Crippen molar-refractivity contribution >= 4 is 5.97 Å². The van der Waals surface area contributed by atoms with Crippen LogP contribution in [-0.2, 0) is 9.53 Å². The van der Waals surface area contributed by atoms with Gasteiger partial charge in [-0.3, -0.25) is 0 Å². The Labute approximate surface area is 90.8 Å². The fourth-order valence-corrected chi connectivity index (χ4v) is 1.93. The molecular weight excluding hydrogens is 194 g/mol. The molecule has 3 N–H and O–H groups in total. The number of aliphatic hydroxyl groups is 1. The maximum Gasteiger partial charge on any atom is 0.335 e. The molecule has 1 aliphatic rings. The van der Waals surface area contributed by atoms with Crippen LogP contribution in [0.2, 0.25) is 0 Å². The summed E-state index contributed by atoms with van der Waals surface area (Å²) in [6.07, 6.45) is 5.27.